The van der Waals surface area contributed by atoms with E-state index in [0.717, 1.165) is 0 Å². The van der Waals surface area contributed by atoms with E-state index in [1.54, 1.807) is 19.9 Å². The Morgan fingerprint density at radius 1 is 1.44 bits per heavy atom. The number of carboxylic acids is 1. The Morgan fingerprint density at radius 2 is 2.12 bits per heavy atom. The Morgan fingerprint density at radius 3 is 2.68 bits per heavy atom. The number of nitrogens with one attached hydrogen (secondary N) is 1. The van der Waals surface area contributed by atoms with E-state index in [0.29, 0.717) is 11.4 Å². The van der Waals surface area contributed by atoms with Crippen LogP contribution < -0.4 is 5.32 Å². The molecule has 0 saturated carbocycles. The van der Waals surface area contributed by atoms with Gasteiger partial charge in [-0.2, -0.15) is 0 Å². The highest BCUT2D eigenvalue weighted by Crippen LogP contribution is 2.19. The summed E-state index contributed by atoms with van der Waals surface area (Å²) in [4.78, 5) is 34.0. The molecule has 0 bridgehead atoms. The molecule has 0 saturated heterocycles. The largest absolute Gasteiger partial charge is 0.480 e. The van der Waals surface area contributed by atoms with E-state index in [-0.39, 0.29) is 17.8 Å². The number of rotatable bonds is 6. The quantitative estimate of drug-likeness (QED) is 0.595. The van der Waals surface area contributed by atoms with Gasteiger partial charge in [-0.25, -0.2) is 9.48 Å². The molecule has 10 heteroatoms. The number of aliphatic carboxylic acids is 1. The number of amides is 1. The smallest absolute Gasteiger partial charge is 0.329 e. The lowest BCUT2D eigenvalue weighted by Crippen LogP contribution is -2.51. The minimum atomic E-state index is -1.43. The molecule has 2 aromatic rings. The summed E-state index contributed by atoms with van der Waals surface area (Å²) in [6, 6.07) is 5.72. The molecule has 0 aliphatic carbocycles. The molecule has 132 valence electrons. The maximum Gasteiger partial charge on any atom is 0.329 e. The lowest BCUT2D eigenvalue weighted by molar-refractivity contribution is -0.384. The SMILES string of the molecule is CCC(C)(NC(=O)c1nnn(-c2cccc([N+](=O)[O-])c2)c1C)C(=O)O. The van der Waals surface area contributed by atoms with Crippen molar-refractivity contribution in [2.45, 2.75) is 32.7 Å². The zero-order chi connectivity index (χ0) is 18.8. The number of carboxylic acid groups (broad SMARTS) is 1. The molecule has 1 heterocycles. The van der Waals surface area contributed by atoms with Gasteiger partial charge in [0.1, 0.15) is 5.54 Å². The monoisotopic (exact) mass is 347 g/mol. The fourth-order valence-electron chi connectivity index (χ4n) is 2.13. The second kappa shape index (κ2) is 6.67. The zero-order valence-corrected chi connectivity index (χ0v) is 13.9. The summed E-state index contributed by atoms with van der Waals surface area (Å²) in [5, 5.41) is 30.2. The fourth-order valence-corrected chi connectivity index (χ4v) is 2.13. The van der Waals surface area contributed by atoms with Gasteiger partial charge in [0.15, 0.2) is 5.69 Å². The van der Waals surface area contributed by atoms with Crippen molar-refractivity contribution in [2.24, 2.45) is 0 Å². The van der Waals surface area contributed by atoms with Crippen molar-refractivity contribution in [3.63, 3.8) is 0 Å². The number of nitro benzene ring substituents is 1. The van der Waals surface area contributed by atoms with Crippen LogP contribution in [0.3, 0.4) is 0 Å². The molecule has 2 rings (SSSR count). The zero-order valence-electron chi connectivity index (χ0n) is 13.9. The number of aromatic nitrogens is 3. The number of carbonyl (C=O) groups is 2. The van der Waals surface area contributed by atoms with Gasteiger partial charge in [-0.15, -0.1) is 5.10 Å². The van der Waals surface area contributed by atoms with Gasteiger partial charge < -0.3 is 10.4 Å². The van der Waals surface area contributed by atoms with Crippen LogP contribution in [0.5, 0.6) is 0 Å². The van der Waals surface area contributed by atoms with Gasteiger partial charge in [-0.3, -0.25) is 14.9 Å². The molecule has 2 N–H and O–H groups in total. The van der Waals surface area contributed by atoms with Crippen LogP contribution in [0, 0.1) is 17.0 Å². The van der Waals surface area contributed by atoms with Crippen LogP contribution in [0.15, 0.2) is 24.3 Å². The molecule has 0 spiro atoms. The van der Waals surface area contributed by atoms with E-state index in [4.69, 9.17) is 0 Å². The van der Waals surface area contributed by atoms with Crippen LogP contribution in [0.2, 0.25) is 0 Å². The van der Waals surface area contributed by atoms with Gasteiger partial charge in [-0.1, -0.05) is 18.2 Å². The molecule has 0 aliphatic rings. The van der Waals surface area contributed by atoms with Crippen LogP contribution in [-0.4, -0.2) is 42.4 Å². The van der Waals surface area contributed by atoms with Crippen LogP contribution in [0.4, 0.5) is 5.69 Å². The van der Waals surface area contributed by atoms with Crippen LogP contribution in [0.1, 0.15) is 36.5 Å². The lowest BCUT2D eigenvalue weighted by Gasteiger charge is -2.24. The lowest BCUT2D eigenvalue weighted by atomic mass is 9.99. The van der Waals surface area contributed by atoms with Crippen LogP contribution >= 0.6 is 0 Å². The van der Waals surface area contributed by atoms with E-state index in [1.807, 2.05) is 0 Å². The van der Waals surface area contributed by atoms with Crippen molar-refractivity contribution >= 4 is 17.6 Å². The Balaban J connectivity index is 2.35. The molecule has 0 fully saturated rings. The van der Waals surface area contributed by atoms with Gasteiger partial charge in [0.25, 0.3) is 11.6 Å². The van der Waals surface area contributed by atoms with E-state index in [9.17, 15) is 24.8 Å². The third-order valence-corrected chi connectivity index (χ3v) is 3.96. The third-order valence-electron chi connectivity index (χ3n) is 3.96. The molecule has 1 unspecified atom stereocenters. The fraction of sp³-hybridized carbons (Fsp3) is 0.333. The predicted molar refractivity (Wildman–Crippen MR) is 86.5 cm³/mol. The van der Waals surface area contributed by atoms with Crippen molar-refractivity contribution in [2.75, 3.05) is 0 Å². The maximum atomic E-state index is 12.4. The summed E-state index contributed by atoms with van der Waals surface area (Å²) in [7, 11) is 0. The van der Waals surface area contributed by atoms with E-state index < -0.39 is 22.3 Å². The molecule has 10 nitrogen and oxygen atoms in total. The van der Waals surface area contributed by atoms with E-state index >= 15 is 0 Å². The Bertz CT molecular complexity index is 847. The number of non-ortho nitro benzene ring substituents is 1. The first-order valence-electron chi connectivity index (χ1n) is 7.42. The van der Waals surface area contributed by atoms with Gasteiger partial charge in [0.2, 0.25) is 0 Å². The molecular formula is C15H17N5O5. The van der Waals surface area contributed by atoms with Crippen molar-refractivity contribution in [3.05, 3.63) is 45.8 Å². The van der Waals surface area contributed by atoms with Crippen molar-refractivity contribution in [3.8, 4) is 5.69 Å². The standard InChI is InChI=1S/C15H17N5O5/c1-4-15(3,14(22)23)16-13(21)12-9(2)19(18-17-12)10-6-5-7-11(8-10)20(24)25/h5-8H,4H2,1-3H3,(H,16,21)(H,22,23). The minimum Gasteiger partial charge on any atom is -0.480 e. The first kappa shape index (κ1) is 18.0. The number of hydrogen-bond donors (Lipinski definition) is 2. The first-order chi connectivity index (χ1) is 11.7. The molecule has 1 aromatic carbocycles. The van der Waals surface area contributed by atoms with Crippen LogP contribution in [-0.2, 0) is 4.79 Å². The molecular weight excluding hydrogens is 330 g/mol. The number of benzene rings is 1. The molecule has 1 amide bonds. The molecule has 25 heavy (non-hydrogen) atoms. The summed E-state index contributed by atoms with van der Waals surface area (Å²) < 4.78 is 1.28. The molecule has 1 atom stereocenters. The average Bonchev–Trinajstić information content (AvgIpc) is 2.96. The highest BCUT2D eigenvalue weighted by Gasteiger charge is 2.34. The van der Waals surface area contributed by atoms with Crippen molar-refractivity contribution in [1.29, 1.82) is 0 Å². The summed E-state index contributed by atoms with van der Waals surface area (Å²) in [6.45, 7) is 4.60. The minimum absolute atomic E-state index is 0.0487. The van der Waals surface area contributed by atoms with Crippen molar-refractivity contribution in [1.82, 2.24) is 20.3 Å². The summed E-state index contributed by atoms with van der Waals surface area (Å²) >= 11 is 0. The van der Waals surface area contributed by atoms with Gasteiger partial charge in [-0.05, 0) is 26.3 Å². The molecule has 0 aliphatic heterocycles. The highest BCUT2D eigenvalue weighted by atomic mass is 16.6. The predicted octanol–water partition coefficient (Wildman–Crippen LogP) is 1.47. The topological polar surface area (TPSA) is 140 Å². The summed E-state index contributed by atoms with van der Waals surface area (Å²) in [5.74, 6) is -1.84. The normalized spacial score (nSPS) is 13.1. The second-order valence-electron chi connectivity index (χ2n) is 5.66. The highest BCUT2D eigenvalue weighted by molar-refractivity contribution is 5.97. The number of carbonyl (C=O) groups excluding carboxylic acids is 1. The van der Waals surface area contributed by atoms with Gasteiger partial charge >= 0.3 is 5.97 Å². The van der Waals surface area contributed by atoms with E-state index in [1.165, 1.54) is 29.8 Å². The Labute approximate surface area is 142 Å². The Kier molecular flexibility index (Phi) is 4.82. The van der Waals surface area contributed by atoms with Gasteiger partial charge in [0, 0.05) is 12.1 Å². The first-order valence-corrected chi connectivity index (χ1v) is 7.42. The number of hydrogen-bond acceptors (Lipinski definition) is 6. The summed E-state index contributed by atoms with van der Waals surface area (Å²) in [6.07, 6.45) is 0.187. The van der Waals surface area contributed by atoms with Gasteiger partial charge in [0.05, 0.1) is 16.3 Å². The maximum absolute atomic E-state index is 12.4. The number of nitro groups is 1. The molecule has 1 aromatic heterocycles. The van der Waals surface area contributed by atoms with Crippen molar-refractivity contribution < 1.29 is 19.6 Å². The summed E-state index contributed by atoms with van der Waals surface area (Å²) in [5.41, 5.74) is -0.898. The van der Waals surface area contributed by atoms with E-state index in [2.05, 4.69) is 15.6 Å². The third kappa shape index (κ3) is 3.47. The molecule has 0 radical (unpaired) electrons. The second-order valence-corrected chi connectivity index (χ2v) is 5.66. The number of nitrogens with zero attached hydrogens (tertiary/aromatic N) is 4. The van der Waals surface area contributed by atoms with Crippen LogP contribution in [0.25, 0.3) is 5.69 Å². The Hall–Kier alpha value is -3.30. The average molecular weight is 347 g/mol.